The van der Waals surface area contributed by atoms with Crippen LogP contribution in [-0.4, -0.2) is 11.1 Å². The van der Waals surface area contributed by atoms with Crippen LogP contribution in [-0.2, 0) is 0 Å². The van der Waals surface area contributed by atoms with Gasteiger partial charge in [0.05, 0.1) is 5.56 Å². The molecule has 2 nitrogen and oxygen atoms in total. The minimum Gasteiger partial charge on any atom is -0.478 e. The van der Waals surface area contributed by atoms with Gasteiger partial charge in [-0.2, -0.15) is 0 Å². The van der Waals surface area contributed by atoms with Crippen LogP contribution in [0.3, 0.4) is 0 Å². The molecule has 84 valence electrons. The highest BCUT2D eigenvalue weighted by atomic mass is 19.1. The number of halogens is 1. The van der Waals surface area contributed by atoms with Crippen molar-refractivity contribution >= 4 is 5.97 Å². The maximum Gasteiger partial charge on any atom is 0.336 e. The minimum atomic E-state index is -1.22. The number of hydrogen-bond acceptors (Lipinski definition) is 1. The molecule has 0 aliphatic heterocycles. The van der Waals surface area contributed by atoms with Gasteiger partial charge in [-0.3, -0.25) is 0 Å². The number of hydrogen-bond donors (Lipinski definition) is 1. The summed E-state index contributed by atoms with van der Waals surface area (Å²) in [6, 6.07) is 11.8. The van der Waals surface area contributed by atoms with Gasteiger partial charge in [0.15, 0.2) is 6.17 Å². The number of fused-ring (bicyclic) bond motifs is 3. The Bertz CT molecular complexity index is 619. The van der Waals surface area contributed by atoms with Gasteiger partial charge in [0.25, 0.3) is 0 Å². The van der Waals surface area contributed by atoms with Crippen LogP contribution >= 0.6 is 0 Å². The van der Waals surface area contributed by atoms with Crippen molar-refractivity contribution in [3.05, 3.63) is 59.2 Å². The first-order valence-electron chi connectivity index (χ1n) is 5.29. The molecule has 0 radical (unpaired) electrons. The highest BCUT2D eigenvalue weighted by molar-refractivity contribution is 5.99. The van der Waals surface area contributed by atoms with Gasteiger partial charge in [-0.15, -0.1) is 0 Å². The van der Waals surface area contributed by atoms with E-state index in [1.54, 1.807) is 36.4 Å². The third-order valence-electron chi connectivity index (χ3n) is 3.10. The number of carbonyl (C=O) groups is 1. The lowest BCUT2D eigenvalue weighted by Gasteiger charge is -2.05. The smallest absolute Gasteiger partial charge is 0.336 e. The van der Waals surface area contributed by atoms with Gasteiger partial charge in [0.2, 0.25) is 0 Å². The number of carboxylic acids is 1. The molecule has 0 aromatic heterocycles. The maximum absolute atomic E-state index is 14.2. The Labute approximate surface area is 97.3 Å². The molecule has 0 amide bonds. The summed E-state index contributed by atoms with van der Waals surface area (Å²) < 4.78 is 14.2. The molecule has 0 saturated heterocycles. The van der Waals surface area contributed by atoms with E-state index >= 15 is 0 Å². The molecule has 1 N–H and O–H groups in total. The largest absolute Gasteiger partial charge is 0.478 e. The summed E-state index contributed by atoms with van der Waals surface area (Å²) in [5.74, 6) is -1.02. The lowest BCUT2D eigenvalue weighted by atomic mass is 10.00. The molecular formula is C14H9FO2. The molecule has 1 aliphatic carbocycles. The Balaban J connectivity index is 2.38. The Morgan fingerprint density at radius 3 is 2.53 bits per heavy atom. The second-order valence-electron chi connectivity index (χ2n) is 4.02. The quantitative estimate of drug-likeness (QED) is 0.811. The third kappa shape index (κ3) is 1.29. The summed E-state index contributed by atoms with van der Waals surface area (Å²) in [5.41, 5.74) is 2.37. The van der Waals surface area contributed by atoms with E-state index in [1.165, 1.54) is 6.07 Å². The summed E-state index contributed by atoms with van der Waals surface area (Å²) in [7, 11) is 0. The first-order chi connectivity index (χ1) is 8.20. The predicted molar refractivity (Wildman–Crippen MR) is 61.8 cm³/mol. The molecule has 0 fully saturated rings. The molecule has 1 unspecified atom stereocenters. The Kier molecular flexibility index (Phi) is 2.01. The first kappa shape index (κ1) is 10.0. The summed E-state index contributed by atoms with van der Waals surface area (Å²) in [6.45, 7) is 0. The fourth-order valence-electron chi connectivity index (χ4n) is 2.37. The number of carboxylic acid groups (broad SMARTS) is 1. The van der Waals surface area contributed by atoms with Crippen LogP contribution in [0.15, 0.2) is 42.5 Å². The van der Waals surface area contributed by atoms with Gasteiger partial charge >= 0.3 is 5.97 Å². The second kappa shape index (κ2) is 3.42. The highest BCUT2D eigenvalue weighted by Gasteiger charge is 2.31. The molecular weight excluding hydrogens is 219 g/mol. The topological polar surface area (TPSA) is 37.3 Å². The normalized spacial score (nSPS) is 16.4. The van der Waals surface area contributed by atoms with Crippen molar-refractivity contribution in [1.29, 1.82) is 0 Å². The fraction of sp³-hybridized carbons (Fsp3) is 0.0714. The van der Waals surface area contributed by atoms with Gasteiger partial charge in [0, 0.05) is 5.56 Å². The predicted octanol–water partition coefficient (Wildman–Crippen LogP) is 3.42. The lowest BCUT2D eigenvalue weighted by molar-refractivity contribution is 0.0697. The lowest BCUT2D eigenvalue weighted by Crippen LogP contribution is -1.99. The van der Waals surface area contributed by atoms with Crippen LogP contribution in [0.2, 0.25) is 0 Å². The standard InChI is InChI=1S/C14H9FO2/c15-13-9-5-2-1-4-8(9)12-10(13)6-3-7-11(12)14(16)17/h1-7,13H,(H,16,17). The van der Waals surface area contributed by atoms with E-state index < -0.39 is 12.1 Å². The minimum absolute atomic E-state index is 0.162. The van der Waals surface area contributed by atoms with E-state index in [2.05, 4.69) is 0 Å². The number of alkyl halides is 1. The van der Waals surface area contributed by atoms with E-state index in [0.717, 1.165) is 0 Å². The second-order valence-corrected chi connectivity index (χ2v) is 4.02. The Morgan fingerprint density at radius 1 is 1.06 bits per heavy atom. The van der Waals surface area contributed by atoms with Crippen LogP contribution < -0.4 is 0 Å². The van der Waals surface area contributed by atoms with Gasteiger partial charge < -0.3 is 5.11 Å². The van der Waals surface area contributed by atoms with Gasteiger partial charge in [0.1, 0.15) is 0 Å². The molecule has 3 rings (SSSR count). The molecule has 0 heterocycles. The molecule has 17 heavy (non-hydrogen) atoms. The Hall–Kier alpha value is -2.16. The van der Waals surface area contributed by atoms with E-state index in [0.29, 0.717) is 22.3 Å². The van der Waals surface area contributed by atoms with Crippen LogP contribution in [0.5, 0.6) is 0 Å². The van der Waals surface area contributed by atoms with Crippen molar-refractivity contribution in [2.75, 3.05) is 0 Å². The summed E-state index contributed by atoms with van der Waals surface area (Å²) >= 11 is 0. The average Bonchev–Trinajstić information content (AvgIpc) is 2.64. The van der Waals surface area contributed by atoms with Crippen molar-refractivity contribution in [3.8, 4) is 11.1 Å². The van der Waals surface area contributed by atoms with Crippen LogP contribution in [0, 0.1) is 0 Å². The molecule has 1 aliphatic rings. The molecule has 2 aromatic carbocycles. The average molecular weight is 228 g/mol. The van der Waals surface area contributed by atoms with Crippen molar-refractivity contribution in [1.82, 2.24) is 0 Å². The SMILES string of the molecule is O=C(O)c1cccc2c1-c1ccccc1C2F. The first-order valence-corrected chi connectivity index (χ1v) is 5.29. The fourth-order valence-corrected chi connectivity index (χ4v) is 2.37. The zero-order valence-electron chi connectivity index (χ0n) is 8.85. The molecule has 1 atom stereocenters. The van der Waals surface area contributed by atoms with Crippen LogP contribution in [0.25, 0.3) is 11.1 Å². The number of aromatic carboxylic acids is 1. The van der Waals surface area contributed by atoms with Crippen molar-refractivity contribution in [3.63, 3.8) is 0 Å². The zero-order chi connectivity index (χ0) is 12.0. The van der Waals surface area contributed by atoms with Crippen molar-refractivity contribution < 1.29 is 14.3 Å². The van der Waals surface area contributed by atoms with Gasteiger partial charge in [-0.1, -0.05) is 36.4 Å². The zero-order valence-corrected chi connectivity index (χ0v) is 8.85. The van der Waals surface area contributed by atoms with Crippen LogP contribution in [0.1, 0.15) is 27.7 Å². The molecule has 0 saturated carbocycles. The maximum atomic E-state index is 14.2. The summed E-state index contributed by atoms with van der Waals surface area (Å²) in [5, 5.41) is 9.14. The van der Waals surface area contributed by atoms with E-state index in [9.17, 15) is 9.18 Å². The molecule has 3 heteroatoms. The van der Waals surface area contributed by atoms with Crippen molar-refractivity contribution in [2.24, 2.45) is 0 Å². The van der Waals surface area contributed by atoms with Gasteiger partial charge in [-0.05, 0) is 22.8 Å². The summed E-state index contributed by atoms with van der Waals surface area (Å²) in [4.78, 5) is 11.2. The number of benzene rings is 2. The van der Waals surface area contributed by atoms with Gasteiger partial charge in [-0.25, -0.2) is 9.18 Å². The molecule has 2 aromatic rings. The Morgan fingerprint density at radius 2 is 1.76 bits per heavy atom. The van der Waals surface area contributed by atoms with Crippen LogP contribution in [0.4, 0.5) is 4.39 Å². The highest BCUT2D eigenvalue weighted by Crippen LogP contribution is 2.46. The van der Waals surface area contributed by atoms with Crippen molar-refractivity contribution in [2.45, 2.75) is 6.17 Å². The van der Waals surface area contributed by atoms with E-state index in [1.807, 2.05) is 0 Å². The molecule has 0 bridgehead atoms. The monoisotopic (exact) mass is 228 g/mol. The third-order valence-corrected chi connectivity index (χ3v) is 3.10. The molecule has 0 spiro atoms. The van der Waals surface area contributed by atoms with E-state index in [-0.39, 0.29) is 5.56 Å². The number of rotatable bonds is 1. The summed E-state index contributed by atoms with van der Waals surface area (Å²) in [6.07, 6.45) is -1.22. The van der Waals surface area contributed by atoms with E-state index in [4.69, 9.17) is 5.11 Å².